The standard InChI is InChI=1S/C15H16FNO3/c1-19-9-10-20-13-7-3-2-5-11(13)15(18)14-12(16)6-4-8-17-14/h2-8,15,18H,9-10H2,1H3. The average Bonchev–Trinajstić information content (AvgIpc) is 2.48. The summed E-state index contributed by atoms with van der Waals surface area (Å²) in [5, 5.41) is 10.3. The van der Waals surface area contributed by atoms with Gasteiger partial charge in [0.25, 0.3) is 0 Å². The van der Waals surface area contributed by atoms with Crippen LogP contribution in [-0.2, 0) is 4.74 Å². The van der Waals surface area contributed by atoms with E-state index in [1.165, 1.54) is 18.3 Å². The Labute approximate surface area is 116 Å². The smallest absolute Gasteiger partial charge is 0.147 e. The van der Waals surface area contributed by atoms with Gasteiger partial charge in [0, 0.05) is 18.9 Å². The average molecular weight is 277 g/mol. The first-order valence-electron chi connectivity index (χ1n) is 6.23. The molecule has 0 aliphatic carbocycles. The maximum absolute atomic E-state index is 13.7. The predicted molar refractivity (Wildman–Crippen MR) is 72.1 cm³/mol. The molecule has 4 nitrogen and oxygen atoms in total. The highest BCUT2D eigenvalue weighted by Crippen LogP contribution is 2.29. The van der Waals surface area contributed by atoms with Crippen molar-refractivity contribution in [3.63, 3.8) is 0 Å². The summed E-state index contributed by atoms with van der Waals surface area (Å²) in [6, 6.07) is 9.68. The van der Waals surface area contributed by atoms with Crippen molar-refractivity contribution in [1.82, 2.24) is 4.98 Å². The van der Waals surface area contributed by atoms with Gasteiger partial charge in [-0.3, -0.25) is 4.98 Å². The van der Waals surface area contributed by atoms with Crippen molar-refractivity contribution >= 4 is 0 Å². The van der Waals surface area contributed by atoms with E-state index in [4.69, 9.17) is 9.47 Å². The summed E-state index contributed by atoms with van der Waals surface area (Å²) in [5.74, 6) is -0.0613. The van der Waals surface area contributed by atoms with Crippen LogP contribution in [0, 0.1) is 5.82 Å². The van der Waals surface area contributed by atoms with E-state index < -0.39 is 11.9 Å². The highest BCUT2D eigenvalue weighted by atomic mass is 19.1. The second-order valence-corrected chi connectivity index (χ2v) is 4.15. The molecule has 0 fully saturated rings. The van der Waals surface area contributed by atoms with Crippen molar-refractivity contribution in [1.29, 1.82) is 0 Å². The highest BCUT2D eigenvalue weighted by Gasteiger charge is 2.19. The molecule has 0 aliphatic rings. The number of benzene rings is 1. The van der Waals surface area contributed by atoms with Crippen molar-refractivity contribution in [3.05, 3.63) is 59.7 Å². The number of hydrogen-bond acceptors (Lipinski definition) is 4. The first kappa shape index (κ1) is 14.4. The maximum Gasteiger partial charge on any atom is 0.147 e. The maximum atomic E-state index is 13.7. The largest absolute Gasteiger partial charge is 0.491 e. The van der Waals surface area contributed by atoms with Gasteiger partial charge >= 0.3 is 0 Å². The Hall–Kier alpha value is -1.98. The number of rotatable bonds is 6. The minimum absolute atomic E-state index is 0.0182. The van der Waals surface area contributed by atoms with Gasteiger partial charge in [0.15, 0.2) is 0 Å². The van der Waals surface area contributed by atoms with Gasteiger partial charge in [-0.1, -0.05) is 18.2 Å². The summed E-state index contributed by atoms with van der Waals surface area (Å²) < 4.78 is 24.1. The third-order valence-corrected chi connectivity index (χ3v) is 2.80. The molecular weight excluding hydrogens is 261 g/mol. The van der Waals surface area contributed by atoms with Crippen molar-refractivity contribution in [2.75, 3.05) is 20.3 Å². The topological polar surface area (TPSA) is 51.6 Å². The number of aliphatic hydroxyl groups is 1. The molecule has 1 unspecified atom stereocenters. The van der Waals surface area contributed by atoms with Crippen LogP contribution in [0.2, 0.25) is 0 Å². The SMILES string of the molecule is COCCOc1ccccc1C(O)c1ncccc1F. The Morgan fingerprint density at radius 3 is 2.75 bits per heavy atom. The number of aliphatic hydroxyl groups excluding tert-OH is 1. The number of para-hydroxylation sites is 1. The summed E-state index contributed by atoms with van der Waals surface area (Å²) in [5.41, 5.74) is 0.455. The molecule has 0 spiro atoms. The quantitative estimate of drug-likeness (QED) is 0.823. The minimum Gasteiger partial charge on any atom is -0.491 e. The molecule has 2 aromatic rings. The Morgan fingerprint density at radius 1 is 1.20 bits per heavy atom. The van der Waals surface area contributed by atoms with Crippen LogP contribution in [0.15, 0.2) is 42.6 Å². The summed E-state index contributed by atoms with van der Waals surface area (Å²) in [7, 11) is 1.58. The van der Waals surface area contributed by atoms with Gasteiger partial charge in [-0.05, 0) is 18.2 Å². The van der Waals surface area contributed by atoms with E-state index >= 15 is 0 Å². The Balaban J connectivity index is 2.25. The van der Waals surface area contributed by atoms with Crippen LogP contribution in [0.25, 0.3) is 0 Å². The fourth-order valence-corrected chi connectivity index (χ4v) is 1.82. The lowest BCUT2D eigenvalue weighted by Crippen LogP contribution is -2.10. The molecule has 20 heavy (non-hydrogen) atoms. The fraction of sp³-hybridized carbons (Fsp3) is 0.267. The molecule has 106 valence electrons. The second kappa shape index (κ2) is 6.98. The summed E-state index contributed by atoms with van der Waals surface area (Å²) in [4.78, 5) is 3.89. The van der Waals surface area contributed by atoms with Crippen LogP contribution in [-0.4, -0.2) is 30.4 Å². The van der Waals surface area contributed by atoms with Crippen molar-refractivity contribution in [2.45, 2.75) is 6.10 Å². The molecule has 0 radical (unpaired) electrons. The van der Waals surface area contributed by atoms with Crippen molar-refractivity contribution in [3.8, 4) is 5.75 Å². The molecule has 1 N–H and O–H groups in total. The van der Waals surface area contributed by atoms with E-state index in [1.54, 1.807) is 31.4 Å². The van der Waals surface area contributed by atoms with E-state index in [1.807, 2.05) is 0 Å². The molecule has 0 saturated carbocycles. The van der Waals surface area contributed by atoms with Gasteiger partial charge < -0.3 is 14.6 Å². The van der Waals surface area contributed by atoms with E-state index in [0.29, 0.717) is 24.5 Å². The van der Waals surface area contributed by atoms with Crippen LogP contribution in [0.1, 0.15) is 17.4 Å². The lowest BCUT2D eigenvalue weighted by atomic mass is 10.0. The highest BCUT2D eigenvalue weighted by molar-refractivity contribution is 5.38. The molecule has 0 amide bonds. The molecule has 1 aromatic carbocycles. The summed E-state index contributed by atoms with van der Waals surface area (Å²) in [6.45, 7) is 0.785. The van der Waals surface area contributed by atoms with Crippen LogP contribution < -0.4 is 4.74 Å². The van der Waals surface area contributed by atoms with Crippen molar-refractivity contribution in [2.24, 2.45) is 0 Å². The Bertz CT molecular complexity index is 562. The fourth-order valence-electron chi connectivity index (χ4n) is 1.82. The zero-order chi connectivity index (χ0) is 14.4. The zero-order valence-electron chi connectivity index (χ0n) is 11.1. The molecule has 0 bridgehead atoms. The Kier molecular flexibility index (Phi) is 5.03. The van der Waals surface area contributed by atoms with Crippen LogP contribution >= 0.6 is 0 Å². The van der Waals surface area contributed by atoms with Crippen molar-refractivity contribution < 1.29 is 19.0 Å². The van der Waals surface area contributed by atoms with Crippen LogP contribution in [0.4, 0.5) is 4.39 Å². The lowest BCUT2D eigenvalue weighted by Gasteiger charge is -2.16. The van der Waals surface area contributed by atoms with Gasteiger partial charge in [0.05, 0.1) is 6.61 Å². The molecule has 0 aliphatic heterocycles. The second-order valence-electron chi connectivity index (χ2n) is 4.15. The molecule has 1 atom stereocenters. The molecule has 5 heteroatoms. The normalized spacial score (nSPS) is 12.2. The summed E-state index contributed by atoms with van der Waals surface area (Å²) in [6.07, 6.45) is 0.269. The third kappa shape index (κ3) is 3.31. The van der Waals surface area contributed by atoms with Gasteiger partial charge in [-0.2, -0.15) is 0 Å². The van der Waals surface area contributed by atoms with Crippen LogP contribution in [0.3, 0.4) is 0 Å². The minimum atomic E-state index is -1.17. The van der Waals surface area contributed by atoms with Gasteiger partial charge in [-0.25, -0.2) is 4.39 Å². The molecule has 1 aromatic heterocycles. The first-order valence-corrected chi connectivity index (χ1v) is 6.23. The number of aromatic nitrogens is 1. The van der Waals surface area contributed by atoms with Gasteiger partial charge in [-0.15, -0.1) is 0 Å². The number of ether oxygens (including phenoxy) is 2. The predicted octanol–water partition coefficient (Wildman–Crippen LogP) is 2.33. The molecule has 0 saturated heterocycles. The van der Waals surface area contributed by atoms with Crippen LogP contribution in [0.5, 0.6) is 5.75 Å². The van der Waals surface area contributed by atoms with Gasteiger partial charge in [0.1, 0.15) is 30.0 Å². The van der Waals surface area contributed by atoms with Gasteiger partial charge in [0.2, 0.25) is 0 Å². The molecular formula is C15H16FNO3. The van der Waals surface area contributed by atoms with E-state index in [2.05, 4.69) is 4.98 Å². The Morgan fingerprint density at radius 2 is 2.00 bits per heavy atom. The number of nitrogens with zero attached hydrogens (tertiary/aromatic N) is 1. The van der Waals surface area contributed by atoms with E-state index in [0.717, 1.165) is 0 Å². The number of methoxy groups -OCH3 is 1. The summed E-state index contributed by atoms with van der Waals surface area (Å²) >= 11 is 0. The molecule has 2 rings (SSSR count). The number of hydrogen-bond donors (Lipinski definition) is 1. The third-order valence-electron chi connectivity index (χ3n) is 2.80. The van der Waals surface area contributed by atoms with E-state index in [-0.39, 0.29) is 5.69 Å². The van der Waals surface area contributed by atoms with E-state index in [9.17, 15) is 9.50 Å². The number of pyridine rings is 1. The monoisotopic (exact) mass is 277 g/mol. The number of halogens is 1. The first-order chi connectivity index (χ1) is 9.74. The molecule has 1 heterocycles. The lowest BCUT2D eigenvalue weighted by molar-refractivity contribution is 0.142. The zero-order valence-corrected chi connectivity index (χ0v) is 11.1.